The van der Waals surface area contributed by atoms with Gasteiger partial charge in [0.05, 0.1) is 10.6 Å². The highest BCUT2D eigenvalue weighted by Gasteiger charge is 2.16. The molecule has 1 heterocycles. The number of aryl methyl sites for hydroxylation is 2. The van der Waals surface area contributed by atoms with Crippen molar-refractivity contribution >= 4 is 44.8 Å². The number of sulfonamides is 1. The van der Waals surface area contributed by atoms with Crippen molar-refractivity contribution in [3.05, 3.63) is 59.1 Å². The minimum absolute atomic E-state index is 0.0521. The Labute approximate surface area is 176 Å². The molecule has 0 saturated heterocycles. The molecule has 0 bridgehead atoms. The van der Waals surface area contributed by atoms with Crippen LogP contribution in [0.1, 0.15) is 11.3 Å². The highest BCUT2D eigenvalue weighted by Crippen LogP contribution is 2.33. The van der Waals surface area contributed by atoms with Crippen LogP contribution in [0.2, 0.25) is 0 Å². The van der Waals surface area contributed by atoms with E-state index in [1.54, 1.807) is 17.4 Å². The molecule has 0 spiro atoms. The van der Waals surface area contributed by atoms with Crippen LogP contribution in [0.3, 0.4) is 0 Å². The summed E-state index contributed by atoms with van der Waals surface area (Å²) in [5, 5.41) is 10.6. The third-order valence-electron chi connectivity index (χ3n) is 3.74. The molecule has 152 valence electrons. The summed E-state index contributed by atoms with van der Waals surface area (Å²) in [5.74, 6) is -0.827. The van der Waals surface area contributed by atoms with Crippen molar-refractivity contribution in [2.75, 3.05) is 11.3 Å². The lowest BCUT2D eigenvalue weighted by Crippen LogP contribution is -2.14. The van der Waals surface area contributed by atoms with Crippen LogP contribution in [-0.4, -0.2) is 31.1 Å². The Morgan fingerprint density at radius 3 is 2.52 bits per heavy atom. The molecule has 0 unspecified atom stereocenters. The van der Waals surface area contributed by atoms with Gasteiger partial charge in [-0.05, 0) is 61.9 Å². The Kier molecular flexibility index (Phi) is 6.46. The van der Waals surface area contributed by atoms with Crippen molar-refractivity contribution in [1.29, 1.82) is 0 Å². The lowest BCUT2D eigenvalue weighted by molar-refractivity contribution is -0.139. The maximum atomic E-state index is 12.7. The van der Waals surface area contributed by atoms with E-state index in [1.807, 2.05) is 31.4 Å². The number of carboxylic acids is 1. The largest absolute Gasteiger partial charge is 0.482 e. The van der Waals surface area contributed by atoms with E-state index in [1.165, 1.54) is 36.0 Å². The van der Waals surface area contributed by atoms with Gasteiger partial charge < -0.3 is 9.84 Å². The number of rotatable bonds is 8. The second-order valence-corrected chi connectivity index (χ2v) is 9.95. The zero-order chi connectivity index (χ0) is 21.0. The molecule has 2 aromatic carbocycles. The molecular formula is C19H18N2O5S3. The van der Waals surface area contributed by atoms with Crippen LogP contribution < -0.4 is 9.46 Å². The molecule has 7 nitrogen and oxygen atoms in total. The minimum Gasteiger partial charge on any atom is -0.482 e. The highest BCUT2D eigenvalue weighted by molar-refractivity contribution is 8.01. The van der Waals surface area contributed by atoms with Crippen molar-refractivity contribution in [3.63, 3.8) is 0 Å². The second-order valence-electron chi connectivity index (χ2n) is 6.09. The summed E-state index contributed by atoms with van der Waals surface area (Å²) in [7, 11) is -3.79. The Hall–Kier alpha value is -2.56. The summed E-state index contributed by atoms with van der Waals surface area (Å²) in [6.07, 6.45) is 0. The first-order chi connectivity index (χ1) is 13.7. The summed E-state index contributed by atoms with van der Waals surface area (Å²) in [5.41, 5.74) is 2.24. The topological polar surface area (TPSA) is 106 Å². The number of hydrogen-bond acceptors (Lipinski definition) is 7. The first-order valence-corrected chi connectivity index (χ1v) is 11.6. The molecule has 0 aliphatic heterocycles. The number of aromatic nitrogens is 1. The maximum absolute atomic E-state index is 12.7. The smallest absolute Gasteiger partial charge is 0.341 e. The van der Waals surface area contributed by atoms with Crippen LogP contribution in [0.4, 0.5) is 5.69 Å². The first kappa shape index (κ1) is 21.2. The lowest BCUT2D eigenvalue weighted by atomic mass is 10.2. The molecule has 0 amide bonds. The number of thiazole rings is 1. The van der Waals surface area contributed by atoms with E-state index in [4.69, 9.17) is 9.84 Å². The number of hydrogen-bond donors (Lipinski definition) is 2. The number of ether oxygens (including phenoxy) is 1. The molecule has 10 heteroatoms. The van der Waals surface area contributed by atoms with Gasteiger partial charge in [-0.2, -0.15) is 0 Å². The van der Waals surface area contributed by atoms with Gasteiger partial charge in [0.25, 0.3) is 10.0 Å². The minimum atomic E-state index is -3.79. The quantitative estimate of drug-likeness (QED) is 0.530. The van der Waals surface area contributed by atoms with Gasteiger partial charge in [-0.25, -0.2) is 18.2 Å². The Morgan fingerprint density at radius 1 is 1.21 bits per heavy atom. The monoisotopic (exact) mass is 450 g/mol. The fraction of sp³-hybridized carbons (Fsp3) is 0.158. The number of nitrogens with one attached hydrogen (secondary N) is 1. The van der Waals surface area contributed by atoms with Crippen LogP contribution in [0.5, 0.6) is 5.75 Å². The first-order valence-electron chi connectivity index (χ1n) is 8.41. The average molecular weight is 451 g/mol. The number of aliphatic carboxylic acids is 1. The third-order valence-corrected chi connectivity index (χ3v) is 7.17. The molecular weight excluding hydrogens is 432 g/mol. The molecule has 0 atom stereocenters. The Balaban J connectivity index is 1.71. The van der Waals surface area contributed by atoms with Crippen molar-refractivity contribution in [2.45, 2.75) is 28.0 Å². The molecule has 0 saturated carbocycles. The summed E-state index contributed by atoms with van der Waals surface area (Å²) in [4.78, 5) is 16.0. The van der Waals surface area contributed by atoms with Gasteiger partial charge in [0.2, 0.25) is 0 Å². The van der Waals surface area contributed by atoms with Crippen LogP contribution in [0.25, 0.3) is 0 Å². The van der Waals surface area contributed by atoms with Crippen LogP contribution in [0.15, 0.2) is 62.0 Å². The Bertz CT molecular complexity index is 1130. The maximum Gasteiger partial charge on any atom is 0.341 e. The molecule has 29 heavy (non-hydrogen) atoms. The van der Waals surface area contributed by atoms with Gasteiger partial charge in [0.15, 0.2) is 10.9 Å². The fourth-order valence-electron chi connectivity index (χ4n) is 2.36. The predicted octanol–water partition coefficient (Wildman–Crippen LogP) is 4.18. The van der Waals surface area contributed by atoms with E-state index < -0.39 is 22.6 Å². The van der Waals surface area contributed by atoms with Gasteiger partial charge >= 0.3 is 5.97 Å². The zero-order valence-electron chi connectivity index (χ0n) is 15.6. The van der Waals surface area contributed by atoms with E-state index >= 15 is 0 Å². The molecule has 0 fully saturated rings. The normalized spacial score (nSPS) is 11.2. The average Bonchev–Trinajstić information content (AvgIpc) is 3.07. The number of carboxylic acid groups (broad SMARTS) is 1. The summed E-state index contributed by atoms with van der Waals surface area (Å²) >= 11 is 3.09. The second kappa shape index (κ2) is 8.85. The van der Waals surface area contributed by atoms with Gasteiger partial charge in [0, 0.05) is 16.0 Å². The van der Waals surface area contributed by atoms with Crippen molar-refractivity contribution in [1.82, 2.24) is 4.98 Å². The van der Waals surface area contributed by atoms with Crippen molar-refractivity contribution in [2.24, 2.45) is 0 Å². The van der Waals surface area contributed by atoms with Crippen molar-refractivity contribution < 1.29 is 23.1 Å². The molecule has 3 rings (SSSR count). The van der Waals surface area contributed by atoms with Crippen LogP contribution >= 0.6 is 23.1 Å². The van der Waals surface area contributed by atoms with E-state index in [9.17, 15) is 13.2 Å². The van der Waals surface area contributed by atoms with Gasteiger partial charge in [-0.1, -0.05) is 11.8 Å². The Morgan fingerprint density at radius 2 is 1.93 bits per heavy atom. The standard InChI is InChI=1S/C19H18N2O5S3/c1-12-9-15(28-19-20-13(2)11-27-19)5-8-17(12)21-29(24,25)16-6-3-14(4-7-16)26-10-18(22)23/h3-9,11,21H,10H2,1-2H3,(H,22,23). The number of anilines is 1. The van der Waals surface area contributed by atoms with Crippen LogP contribution in [0, 0.1) is 13.8 Å². The predicted molar refractivity (Wildman–Crippen MR) is 113 cm³/mol. The molecule has 2 N–H and O–H groups in total. The van der Waals surface area contributed by atoms with E-state index in [2.05, 4.69) is 9.71 Å². The zero-order valence-corrected chi connectivity index (χ0v) is 18.0. The molecule has 0 radical (unpaired) electrons. The van der Waals surface area contributed by atoms with Crippen LogP contribution in [-0.2, 0) is 14.8 Å². The number of benzene rings is 2. The summed E-state index contributed by atoms with van der Waals surface area (Å²) in [6, 6.07) is 11.0. The number of carbonyl (C=O) groups is 1. The SMILES string of the molecule is Cc1csc(Sc2ccc(NS(=O)(=O)c3ccc(OCC(=O)O)cc3)c(C)c2)n1. The van der Waals surface area contributed by atoms with E-state index in [0.717, 1.165) is 20.5 Å². The lowest BCUT2D eigenvalue weighted by Gasteiger charge is -2.12. The molecule has 0 aliphatic carbocycles. The third kappa shape index (κ3) is 5.72. The highest BCUT2D eigenvalue weighted by atomic mass is 32.2. The van der Waals surface area contributed by atoms with E-state index in [0.29, 0.717) is 5.69 Å². The van der Waals surface area contributed by atoms with Gasteiger partial charge in [-0.15, -0.1) is 11.3 Å². The summed E-state index contributed by atoms with van der Waals surface area (Å²) < 4.78 is 33.8. The molecule has 1 aromatic heterocycles. The molecule has 0 aliphatic rings. The van der Waals surface area contributed by atoms with Crippen molar-refractivity contribution in [3.8, 4) is 5.75 Å². The van der Waals surface area contributed by atoms with Gasteiger partial charge in [0.1, 0.15) is 5.75 Å². The fourth-order valence-corrected chi connectivity index (χ4v) is 5.40. The number of nitrogens with zero attached hydrogens (tertiary/aromatic N) is 1. The molecule has 3 aromatic rings. The van der Waals surface area contributed by atoms with E-state index in [-0.39, 0.29) is 10.6 Å². The summed E-state index contributed by atoms with van der Waals surface area (Å²) in [6.45, 7) is 3.28. The van der Waals surface area contributed by atoms with Gasteiger partial charge in [-0.3, -0.25) is 4.72 Å².